The van der Waals surface area contributed by atoms with Gasteiger partial charge in [-0.3, -0.25) is 9.59 Å². The molecule has 8 heteroatoms. The first kappa shape index (κ1) is 18.1. The predicted molar refractivity (Wildman–Crippen MR) is 81.1 cm³/mol. The summed E-state index contributed by atoms with van der Waals surface area (Å²) in [4.78, 5) is 23.0. The van der Waals surface area contributed by atoms with Crippen molar-refractivity contribution >= 4 is 21.9 Å². The summed E-state index contributed by atoms with van der Waals surface area (Å²) in [5.74, 6) is -2.01. The number of carbonyl (C=O) groups is 2. The highest BCUT2D eigenvalue weighted by Gasteiger charge is 2.18. The molecule has 0 heterocycles. The van der Waals surface area contributed by atoms with E-state index in [4.69, 9.17) is 5.11 Å². The smallest absolute Gasteiger partial charge is 0.308 e. The van der Waals surface area contributed by atoms with Crippen LogP contribution in [0.25, 0.3) is 0 Å². The summed E-state index contributed by atoms with van der Waals surface area (Å²) in [6, 6.07) is 5.41. The molecule has 1 aromatic rings. The summed E-state index contributed by atoms with van der Waals surface area (Å²) < 4.78 is 25.3. The lowest BCUT2D eigenvalue weighted by Gasteiger charge is -2.12. The molecule has 0 aliphatic heterocycles. The maximum absolute atomic E-state index is 11.9. The molecule has 0 radical (unpaired) electrons. The molecule has 1 amide bonds. The van der Waals surface area contributed by atoms with Crippen LogP contribution in [0.1, 0.15) is 30.1 Å². The number of carboxylic acids is 1. The number of hydrogen-bond donors (Lipinski definition) is 3. The molecule has 0 aromatic heterocycles. The fraction of sp³-hybridized carbons (Fsp3) is 0.429. The van der Waals surface area contributed by atoms with E-state index in [1.54, 1.807) is 0 Å². The van der Waals surface area contributed by atoms with E-state index in [0.29, 0.717) is 12.8 Å². The molecule has 3 N–H and O–H groups in total. The molecule has 0 bridgehead atoms. The van der Waals surface area contributed by atoms with Gasteiger partial charge in [0.2, 0.25) is 10.0 Å². The minimum atomic E-state index is -3.54. The molecule has 1 rings (SSSR count). The van der Waals surface area contributed by atoms with Crippen molar-refractivity contribution in [2.24, 2.45) is 5.92 Å². The lowest BCUT2D eigenvalue weighted by molar-refractivity contribution is -0.141. The van der Waals surface area contributed by atoms with Gasteiger partial charge in [-0.25, -0.2) is 13.1 Å². The van der Waals surface area contributed by atoms with Crippen LogP contribution in [-0.4, -0.2) is 39.0 Å². The topological polar surface area (TPSA) is 113 Å². The Morgan fingerprint density at radius 2 is 1.82 bits per heavy atom. The summed E-state index contributed by atoms with van der Waals surface area (Å²) in [5.41, 5.74) is 0.274. The van der Waals surface area contributed by atoms with Crippen molar-refractivity contribution in [1.82, 2.24) is 10.0 Å². The highest BCUT2D eigenvalue weighted by Crippen LogP contribution is 2.11. The number of hydrogen-bond acceptors (Lipinski definition) is 4. The number of benzene rings is 1. The van der Waals surface area contributed by atoms with Gasteiger partial charge in [0.15, 0.2) is 0 Å². The third kappa shape index (κ3) is 4.81. The zero-order valence-electron chi connectivity index (χ0n) is 12.5. The number of rotatable bonds is 8. The molecule has 1 aromatic carbocycles. The summed E-state index contributed by atoms with van der Waals surface area (Å²) in [7, 11) is -2.24. The monoisotopic (exact) mass is 328 g/mol. The van der Waals surface area contributed by atoms with Crippen LogP contribution in [0.3, 0.4) is 0 Å². The van der Waals surface area contributed by atoms with Gasteiger partial charge in [0.1, 0.15) is 0 Å². The molecule has 0 aliphatic carbocycles. The molecule has 0 saturated carbocycles. The lowest BCUT2D eigenvalue weighted by Crippen LogP contribution is -2.32. The van der Waals surface area contributed by atoms with Crippen LogP contribution in [0.5, 0.6) is 0 Å². The summed E-state index contributed by atoms with van der Waals surface area (Å²) >= 11 is 0. The van der Waals surface area contributed by atoms with Gasteiger partial charge in [0, 0.05) is 12.1 Å². The average Bonchev–Trinajstić information content (AvgIpc) is 2.50. The van der Waals surface area contributed by atoms with Gasteiger partial charge in [-0.15, -0.1) is 0 Å². The van der Waals surface area contributed by atoms with Crippen molar-refractivity contribution in [1.29, 1.82) is 0 Å². The van der Waals surface area contributed by atoms with Crippen LogP contribution >= 0.6 is 0 Å². The Hall–Kier alpha value is -1.93. The zero-order chi connectivity index (χ0) is 16.8. The molecule has 122 valence electrons. The molecule has 0 fully saturated rings. The highest BCUT2D eigenvalue weighted by molar-refractivity contribution is 7.89. The van der Waals surface area contributed by atoms with Crippen molar-refractivity contribution in [3.05, 3.63) is 29.8 Å². The minimum Gasteiger partial charge on any atom is -0.481 e. The van der Waals surface area contributed by atoms with E-state index in [-0.39, 0.29) is 17.0 Å². The SMILES string of the molecule is CCCC(CNC(=O)c1ccc(S(=O)(=O)NC)cc1)C(=O)O. The molecule has 0 saturated heterocycles. The summed E-state index contributed by atoms with van der Waals surface area (Å²) in [6.45, 7) is 1.91. The van der Waals surface area contributed by atoms with E-state index >= 15 is 0 Å². The zero-order valence-corrected chi connectivity index (χ0v) is 13.3. The molecular weight excluding hydrogens is 308 g/mol. The Kier molecular flexibility index (Phi) is 6.51. The largest absolute Gasteiger partial charge is 0.481 e. The van der Waals surface area contributed by atoms with Crippen molar-refractivity contribution < 1.29 is 23.1 Å². The third-order valence-electron chi connectivity index (χ3n) is 3.19. The summed E-state index contributed by atoms with van der Waals surface area (Å²) in [5, 5.41) is 11.6. The van der Waals surface area contributed by atoms with E-state index < -0.39 is 27.8 Å². The second kappa shape index (κ2) is 7.90. The van der Waals surface area contributed by atoms with E-state index in [9.17, 15) is 18.0 Å². The van der Waals surface area contributed by atoms with Crippen molar-refractivity contribution in [3.63, 3.8) is 0 Å². The first-order valence-corrected chi connectivity index (χ1v) is 8.34. The van der Waals surface area contributed by atoms with Gasteiger partial charge in [-0.2, -0.15) is 0 Å². The first-order chi connectivity index (χ1) is 10.3. The number of carbonyl (C=O) groups excluding carboxylic acids is 1. The van der Waals surface area contributed by atoms with Crippen LogP contribution in [0, 0.1) is 5.92 Å². The van der Waals surface area contributed by atoms with E-state index in [1.807, 2.05) is 6.92 Å². The van der Waals surface area contributed by atoms with Gasteiger partial charge in [-0.1, -0.05) is 13.3 Å². The Labute approximate surface area is 129 Å². The van der Waals surface area contributed by atoms with Crippen molar-refractivity contribution in [3.8, 4) is 0 Å². The van der Waals surface area contributed by atoms with Crippen LogP contribution in [-0.2, 0) is 14.8 Å². The van der Waals surface area contributed by atoms with Gasteiger partial charge >= 0.3 is 5.97 Å². The van der Waals surface area contributed by atoms with Gasteiger partial charge in [-0.05, 0) is 37.7 Å². The molecule has 1 unspecified atom stereocenters. The molecule has 1 atom stereocenters. The number of carboxylic acid groups (broad SMARTS) is 1. The molecule has 0 aliphatic rings. The van der Waals surface area contributed by atoms with Gasteiger partial charge in [0.25, 0.3) is 5.91 Å². The second-order valence-corrected chi connectivity index (χ2v) is 6.65. The fourth-order valence-electron chi connectivity index (χ4n) is 1.88. The minimum absolute atomic E-state index is 0.0403. The first-order valence-electron chi connectivity index (χ1n) is 6.86. The van der Waals surface area contributed by atoms with Crippen molar-refractivity contribution in [2.75, 3.05) is 13.6 Å². The lowest BCUT2D eigenvalue weighted by atomic mass is 10.0. The van der Waals surface area contributed by atoms with E-state index in [2.05, 4.69) is 10.0 Å². The molecule has 7 nitrogen and oxygen atoms in total. The second-order valence-electron chi connectivity index (χ2n) is 4.77. The Bertz CT molecular complexity index is 625. The van der Waals surface area contributed by atoms with Crippen LogP contribution in [0.2, 0.25) is 0 Å². The third-order valence-corrected chi connectivity index (χ3v) is 4.62. The Morgan fingerprint density at radius 1 is 1.23 bits per heavy atom. The van der Waals surface area contributed by atoms with Gasteiger partial charge < -0.3 is 10.4 Å². The van der Waals surface area contributed by atoms with E-state index in [0.717, 1.165) is 0 Å². The van der Waals surface area contributed by atoms with Crippen LogP contribution < -0.4 is 10.0 Å². The molecular formula is C14H20N2O5S. The standard InChI is InChI=1S/C14H20N2O5S/c1-3-4-11(14(18)19)9-16-13(17)10-5-7-12(8-6-10)22(20,21)15-2/h5-8,11,15H,3-4,9H2,1-2H3,(H,16,17)(H,18,19). The predicted octanol–water partition coefficient (Wildman–Crippen LogP) is 0.825. The fourth-order valence-corrected chi connectivity index (χ4v) is 2.61. The normalized spacial score (nSPS) is 12.6. The number of amides is 1. The highest BCUT2D eigenvalue weighted by atomic mass is 32.2. The van der Waals surface area contributed by atoms with Crippen LogP contribution in [0.15, 0.2) is 29.2 Å². The average molecular weight is 328 g/mol. The Morgan fingerprint density at radius 3 is 2.27 bits per heavy atom. The molecule has 0 spiro atoms. The maximum atomic E-state index is 11.9. The van der Waals surface area contributed by atoms with Gasteiger partial charge in [0.05, 0.1) is 10.8 Å². The number of sulfonamides is 1. The maximum Gasteiger partial charge on any atom is 0.308 e. The number of aliphatic carboxylic acids is 1. The quantitative estimate of drug-likeness (QED) is 0.654. The summed E-state index contributed by atoms with van der Waals surface area (Å²) in [6.07, 6.45) is 1.19. The van der Waals surface area contributed by atoms with Crippen molar-refractivity contribution in [2.45, 2.75) is 24.7 Å². The number of nitrogens with one attached hydrogen (secondary N) is 2. The molecule has 22 heavy (non-hydrogen) atoms. The van der Waals surface area contributed by atoms with Crippen LogP contribution in [0.4, 0.5) is 0 Å². The Balaban J connectivity index is 2.72. The van der Waals surface area contributed by atoms with E-state index in [1.165, 1.54) is 31.3 Å².